The van der Waals surface area contributed by atoms with Crippen LogP contribution in [-0.2, 0) is 0 Å². The van der Waals surface area contributed by atoms with Gasteiger partial charge in [0.2, 0.25) is 0 Å². The van der Waals surface area contributed by atoms with Crippen LogP contribution in [0.1, 0.15) is 5.56 Å². The lowest BCUT2D eigenvalue weighted by molar-refractivity contribution is 1.00. The number of nitrogens with two attached hydrogens (primary N) is 1. The van der Waals surface area contributed by atoms with E-state index in [2.05, 4.69) is 16.3 Å². The van der Waals surface area contributed by atoms with E-state index in [1.165, 1.54) is 0 Å². The van der Waals surface area contributed by atoms with E-state index in [9.17, 15) is 0 Å². The van der Waals surface area contributed by atoms with Gasteiger partial charge in [-0.05, 0) is 12.1 Å². The Hall–Kier alpha value is -2.10. The molecule has 0 aliphatic carbocycles. The monoisotopic (exact) mass is 198 g/mol. The highest BCUT2D eigenvalue weighted by Crippen LogP contribution is 2.31. The molecule has 4 nitrogen and oxygen atoms in total. The molecule has 2 aliphatic heterocycles. The number of benzene rings is 1. The molecule has 15 heavy (non-hydrogen) atoms. The molecule has 0 radical (unpaired) electrons. The lowest BCUT2D eigenvalue weighted by atomic mass is 10.1. The molecule has 0 fully saturated rings. The molecule has 0 bridgehead atoms. The summed E-state index contributed by atoms with van der Waals surface area (Å²) in [7, 11) is 0. The van der Waals surface area contributed by atoms with Gasteiger partial charge in [0.25, 0.3) is 0 Å². The van der Waals surface area contributed by atoms with Crippen LogP contribution in [0.25, 0.3) is 6.08 Å². The summed E-state index contributed by atoms with van der Waals surface area (Å²) >= 11 is 0. The third kappa shape index (κ3) is 1.22. The first-order valence-electron chi connectivity index (χ1n) is 4.77. The zero-order valence-electron chi connectivity index (χ0n) is 8.09. The summed E-state index contributed by atoms with van der Waals surface area (Å²) in [6, 6.07) is 8.09. The van der Waals surface area contributed by atoms with Gasteiger partial charge in [0.1, 0.15) is 6.67 Å². The summed E-state index contributed by atoms with van der Waals surface area (Å²) in [5.41, 5.74) is 8.78. The smallest absolute Gasteiger partial charge is 0.158 e. The Balaban J connectivity index is 2.23. The predicted octanol–water partition coefficient (Wildman–Crippen LogP) is 2.07. The number of hydrogen-bond donors (Lipinski definition) is 1. The minimum atomic E-state index is 0.573. The third-order valence-electron chi connectivity index (χ3n) is 2.50. The van der Waals surface area contributed by atoms with Crippen molar-refractivity contribution in [1.29, 1.82) is 0 Å². The van der Waals surface area contributed by atoms with Crippen LogP contribution in [-0.4, -0.2) is 6.67 Å². The van der Waals surface area contributed by atoms with Crippen molar-refractivity contribution in [3.8, 4) is 0 Å². The van der Waals surface area contributed by atoms with Gasteiger partial charge >= 0.3 is 0 Å². The first-order valence-corrected chi connectivity index (χ1v) is 4.77. The maximum absolute atomic E-state index is 5.86. The molecule has 0 amide bonds. The number of nitrogens with zero attached hydrogens (tertiary/aromatic N) is 3. The Morgan fingerprint density at radius 2 is 2.07 bits per heavy atom. The number of anilines is 1. The van der Waals surface area contributed by atoms with Crippen LogP contribution >= 0.6 is 0 Å². The van der Waals surface area contributed by atoms with Crippen LogP contribution in [0.2, 0.25) is 0 Å². The fraction of sp³-hybridized carbons (Fsp3) is 0.0909. The summed E-state index contributed by atoms with van der Waals surface area (Å²) in [6.45, 7) is 0.573. The molecule has 0 unspecified atom stereocenters. The molecule has 2 heterocycles. The molecule has 74 valence electrons. The zero-order chi connectivity index (χ0) is 10.3. The van der Waals surface area contributed by atoms with Crippen molar-refractivity contribution in [1.82, 2.24) is 0 Å². The van der Waals surface area contributed by atoms with E-state index < -0.39 is 0 Å². The molecule has 0 saturated heterocycles. The molecular formula is C11H10N4. The molecule has 1 aromatic rings. The molecule has 0 spiro atoms. The van der Waals surface area contributed by atoms with Crippen molar-refractivity contribution in [3.05, 3.63) is 47.4 Å². The number of rotatable bonds is 0. The second kappa shape index (κ2) is 2.95. The van der Waals surface area contributed by atoms with Crippen molar-refractivity contribution in [2.75, 3.05) is 11.6 Å². The minimum Gasteiger partial charge on any atom is -0.399 e. The molecule has 2 aliphatic rings. The van der Waals surface area contributed by atoms with Gasteiger partial charge in [0.15, 0.2) is 5.82 Å². The van der Waals surface area contributed by atoms with E-state index in [1.807, 2.05) is 35.3 Å². The van der Waals surface area contributed by atoms with Crippen LogP contribution in [0.4, 0.5) is 5.69 Å². The van der Waals surface area contributed by atoms with E-state index >= 15 is 0 Å². The van der Waals surface area contributed by atoms with Crippen molar-refractivity contribution >= 4 is 11.8 Å². The van der Waals surface area contributed by atoms with Crippen LogP contribution < -0.4 is 10.6 Å². The van der Waals surface area contributed by atoms with E-state index in [1.54, 1.807) is 0 Å². The lowest BCUT2D eigenvalue weighted by Gasteiger charge is -2.17. The Morgan fingerprint density at radius 3 is 3.00 bits per heavy atom. The average Bonchev–Trinajstić information content (AvgIpc) is 2.62. The lowest BCUT2D eigenvalue weighted by Crippen LogP contribution is -2.17. The van der Waals surface area contributed by atoms with Gasteiger partial charge in [-0.1, -0.05) is 18.2 Å². The largest absolute Gasteiger partial charge is 0.399 e. The van der Waals surface area contributed by atoms with Crippen molar-refractivity contribution in [2.24, 2.45) is 16.0 Å². The standard InChI is InChI=1S/C11H10N4/c12-9-5-8-3-1-2-4-10(8)15-7-13-14-11(15)6-9/h1-6H,7,12H2. The second-order valence-electron chi connectivity index (χ2n) is 3.52. The second-order valence-corrected chi connectivity index (χ2v) is 3.52. The van der Waals surface area contributed by atoms with E-state index in [-0.39, 0.29) is 0 Å². The van der Waals surface area contributed by atoms with E-state index in [4.69, 9.17) is 5.73 Å². The summed E-state index contributed by atoms with van der Waals surface area (Å²) < 4.78 is 0. The van der Waals surface area contributed by atoms with Gasteiger partial charge in [-0.25, -0.2) is 0 Å². The van der Waals surface area contributed by atoms with Crippen molar-refractivity contribution in [3.63, 3.8) is 0 Å². The van der Waals surface area contributed by atoms with Crippen LogP contribution in [0, 0.1) is 0 Å². The molecule has 0 aromatic heterocycles. The maximum Gasteiger partial charge on any atom is 0.158 e. The van der Waals surface area contributed by atoms with Crippen molar-refractivity contribution < 1.29 is 0 Å². The molecule has 4 heteroatoms. The highest BCUT2D eigenvalue weighted by atomic mass is 15.4. The van der Waals surface area contributed by atoms with E-state index in [0.717, 1.165) is 17.1 Å². The van der Waals surface area contributed by atoms with Gasteiger partial charge in [-0.3, -0.25) is 0 Å². The Labute approximate surface area is 87.4 Å². The number of fused-ring (bicyclic) bond motifs is 3. The Morgan fingerprint density at radius 1 is 1.20 bits per heavy atom. The summed E-state index contributed by atoms with van der Waals surface area (Å²) in [6.07, 6.45) is 3.80. The fourth-order valence-corrected chi connectivity index (χ4v) is 1.83. The van der Waals surface area contributed by atoms with Crippen molar-refractivity contribution in [2.45, 2.75) is 0 Å². The molecule has 0 saturated carbocycles. The quantitative estimate of drug-likeness (QED) is 0.693. The molecule has 3 rings (SSSR count). The average molecular weight is 198 g/mol. The van der Waals surface area contributed by atoms with Gasteiger partial charge < -0.3 is 10.6 Å². The van der Waals surface area contributed by atoms with E-state index in [0.29, 0.717) is 12.4 Å². The van der Waals surface area contributed by atoms with Gasteiger partial charge in [-0.15, -0.1) is 5.11 Å². The molecular weight excluding hydrogens is 188 g/mol. The third-order valence-corrected chi connectivity index (χ3v) is 2.50. The minimum absolute atomic E-state index is 0.573. The summed E-state index contributed by atoms with van der Waals surface area (Å²) in [5.74, 6) is 0.814. The maximum atomic E-state index is 5.86. The number of hydrogen-bond acceptors (Lipinski definition) is 4. The highest BCUT2D eigenvalue weighted by Gasteiger charge is 2.20. The normalized spacial score (nSPS) is 17.7. The van der Waals surface area contributed by atoms with Gasteiger partial charge in [-0.2, -0.15) is 5.11 Å². The predicted molar refractivity (Wildman–Crippen MR) is 58.9 cm³/mol. The molecule has 2 N–H and O–H groups in total. The number of azo groups is 1. The topological polar surface area (TPSA) is 54.0 Å². The SMILES string of the molecule is NC1=Cc2ccccc2N2CN=NC2=C1. The highest BCUT2D eigenvalue weighted by molar-refractivity contribution is 5.74. The summed E-state index contributed by atoms with van der Waals surface area (Å²) in [4.78, 5) is 2.05. The number of allylic oxidation sites excluding steroid dienone is 1. The Kier molecular flexibility index (Phi) is 1.62. The first kappa shape index (κ1) is 8.23. The Bertz CT molecular complexity index is 499. The number of para-hydroxylation sites is 1. The van der Waals surface area contributed by atoms with Crippen LogP contribution in [0.3, 0.4) is 0 Å². The van der Waals surface area contributed by atoms with Crippen LogP contribution in [0.5, 0.6) is 0 Å². The fourth-order valence-electron chi connectivity index (χ4n) is 1.83. The molecule has 0 atom stereocenters. The van der Waals surface area contributed by atoms with Gasteiger partial charge in [0.05, 0.1) is 5.69 Å². The first-order chi connectivity index (χ1) is 7.34. The summed E-state index contributed by atoms with van der Waals surface area (Å²) in [5, 5.41) is 8.06. The van der Waals surface area contributed by atoms with Crippen LogP contribution in [0.15, 0.2) is 52.1 Å². The zero-order valence-corrected chi connectivity index (χ0v) is 8.09. The van der Waals surface area contributed by atoms with Gasteiger partial charge in [0, 0.05) is 17.3 Å². The molecule has 1 aromatic carbocycles.